The highest BCUT2D eigenvalue weighted by Crippen LogP contribution is 2.41. The Labute approximate surface area is 178 Å². The zero-order valence-electron chi connectivity index (χ0n) is 16.7. The number of aromatic nitrogens is 1. The number of pyridine rings is 1. The monoisotopic (exact) mass is 418 g/mol. The highest BCUT2D eigenvalue weighted by atomic mass is 19.1. The Morgan fingerprint density at radius 2 is 1.84 bits per heavy atom. The zero-order valence-corrected chi connectivity index (χ0v) is 16.7. The molecule has 0 bridgehead atoms. The average Bonchev–Trinajstić information content (AvgIpc) is 3.04. The molecule has 1 amide bonds. The number of hydrogen-bond acceptors (Lipinski definition) is 5. The number of methoxy groups -OCH3 is 1. The number of halogens is 1. The molecule has 1 aliphatic heterocycles. The van der Waals surface area contributed by atoms with Crippen LogP contribution >= 0.6 is 0 Å². The van der Waals surface area contributed by atoms with Gasteiger partial charge >= 0.3 is 0 Å². The van der Waals surface area contributed by atoms with Crippen molar-refractivity contribution >= 4 is 17.4 Å². The van der Waals surface area contributed by atoms with E-state index in [1.54, 1.807) is 54.9 Å². The van der Waals surface area contributed by atoms with Gasteiger partial charge in [-0.3, -0.25) is 14.6 Å². The lowest BCUT2D eigenvalue weighted by atomic mass is 9.94. The Balaban J connectivity index is 1.86. The van der Waals surface area contributed by atoms with Crippen molar-refractivity contribution in [1.29, 1.82) is 0 Å². The maximum atomic E-state index is 14.8. The van der Waals surface area contributed by atoms with E-state index in [0.717, 1.165) is 0 Å². The molecule has 0 unspecified atom stereocenters. The minimum absolute atomic E-state index is 0.0385. The fraction of sp³-hybridized carbons (Fsp3) is 0.125. The molecule has 1 saturated heterocycles. The third-order valence-corrected chi connectivity index (χ3v) is 5.18. The summed E-state index contributed by atoms with van der Waals surface area (Å²) in [4.78, 5) is 31.2. The molecule has 1 aromatic heterocycles. The molecule has 2 aromatic carbocycles. The quantitative estimate of drug-likeness (QED) is 0.387. The number of carbonyl (C=O) groups is 2. The van der Waals surface area contributed by atoms with Gasteiger partial charge in [0.15, 0.2) is 0 Å². The molecule has 1 aliphatic rings. The maximum Gasteiger partial charge on any atom is 0.295 e. The van der Waals surface area contributed by atoms with Gasteiger partial charge in [0.25, 0.3) is 11.7 Å². The second-order valence-corrected chi connectivity index (χ2v) is 7.04. The van der Waals surface area contributed by atoms with E-state index in [4.69, 9.17) is 4.74 Å². The molecule has 0 aliphatic carbocycles. The van der Waals surface area contributed by atoms with Crippen molar-refractivity contribution < 1.29 is 23.8 Å². The number of ketones is 1. The predicted octanol–water partition coefficient (Wildman–Crippen LogP) is 3.85. The normalized spacial score (nSPS) is 17.7. The van der Waals surface area contributed by atoms with Crippen molar-refractivity contribution in [2.75, 3.05) is 7.11 Å². The molecule has 6 nitrogen and oxygen atoms in total. The van der Waals surface area contributed by atoms with Gasteiger partial charge < -0.3 is 14.7 Å². The first-order valence-corrected chi connectivity index (χ1v) is 9.57. The molecule has 0 saturated carbocycles. The largest absolute Gasteiger partial charge is 0.507 e. The summed E-state index contributed by atoms with van der Waals surface area (Å²) in [6.07, 6.45) is 3.16. The lowest BCUT2D eigenvalue weighted by Gasteiger charge is -2.25. The second-order valence-electron chi connectivity index (χ2n) is 7.04. The minimum Gasteiger partial charge on any atom is -0.507 e. The van der Waals surface area contributed by atoms with Crippen LogP contribution in [0.15, 0.2) is 78.6 Å². The van der Waals surface area contributed by atoms with Gasteiger partial charge in [-0.05, 0) is 42.0 Å². The number of aliphatic hydroxyl groups is 1. The van der Waals surface area contributed by atoms with E-state index >= 15 is 0 Å². The van der Waals surface area contributed by atoms with Crippen molar-refractivity contribution in [1.82, 2.24) is 9.88 Å². The molecular formula is C24H19FN2O4. The molecule has 2 heterocycles. The topological polar surface area (TPSA) is 79.7 Å². The van der Waals surface area contributed by atoms with Crippen molar-refractivity contribution in [2.45, 2.75) is 12.6 Å². The van der Waals surface area contributed by atoms with Crippen LogP contribution in [-0.4, -0.2) is 33.8 Å². The summed E-state index contributed by atoms with van der Waals surface area (Å²) in [6, 6.07) is 14.7. The fourth-order valence-electron chi connectivity index (χ4n) is 3.66. The van der Waals surface area contributed by atoms with E-state index in [0.29, 0.717) is 16.9 Å². The summed E-state index contributed by atoms with van der Waals surface area (Å²) >= 11 is 0. The number of hydrogen-bond donors (Lipinski definition) is 1. The Kier molecular flexibility index (Phi) is 5.49. The van der Waals surface area contributed by atoms with Crippen LogP contribution in [0.1, 0.15) is 22.7 Å². The van der Waals surface area contributed by atoms with E-state index in [2.05, 4.69) is 4.98 Å². The van der Waals surface area contributed by atoms with Crippen molar-refractivity contribution in [3.63, 3.8) is 0 Å². The standard InChI is InChI=1S/C24H19FN2O4/c1-31-17-10-8-16(9-11-17)22(28)20-21(18-6-2-3-7-19(18)25)27(24(30)23(20)29)14-15-5-4-12-26-13-15/h2-13,21,28H,14H2,1H3/b22-20+/t21-/m0/s1. The molecule has 7 heteroatoms. The van der Waals surface area contributed by atoms with Gasteiger partial charge in [0.05, 0.1) is 18.7 Å². The Morgan fingerprint density at radius 1 is 1.10 bits per heavy atom. The van der Waals surface area contributed by atoms with Gasteiger partial charge in [-0.1, -0.05) is 24.3 Å². The second kappa shape index (κ2) is 8.39. The number of carbonyl (C=O) groups excluding carboxylic acids is 2. The van der Waals surface area contributed by atoms with Crippen LogP contribution in [0.25, 0.3) is 5.76 Å². The van der Waals surface area contributed by atoms with Crippen LogP contribution in [-0.2, 0) is 16.1 Å². The first kappa shape index (κ1) is 20.3. The lowest BCUT2D eigenvalue weighted by molar-refractivity contribution is -0.140. The Morgan fingerprint density at radius 3 is 2.48 bits per heavy atom. The van der Waals surface area contributed by atoms with Crippen molar-refractivity contribution in [3.8, 4) is 5.75 Å². The highest BCUT2D eigenvalue weighted by molar-refractivity contribution is 6.46. The number of ether oxygens (including phenoxy) is 1. The third kappa shape index (κ3) is 3.77. The van der Waals surface area contributed by atoms with Crippen LogP contribution in [0, 0.1) is 5.82 Å². The van der Waals surface area contributed by atoms with Crippen LogP contribution in [0.4, 0.5) is 4.39 Å². The summed E-state index contributed by atoms with van der Waals surface area (Å²) in [5, 5.41) is 11.0. The van der Waals surface area contributed by atoms with Gasteiger partial charge in [-0.2, -0.15) is 0 Å². The molecule has 3 aromatic rings. The van der Waals surface area contributed by atoms with Crippen molar-refractivity contribution in [3.05, 3.63) is 101 Å². The van der Waals surface area contributed by atoms with Gasteiger partial charge in [-0.25, -0.2) is 4.39 Å². The van der Waals surface area contributed by atoms with Crippen LogP contribution in [0.5, 0.6) is 5.75 Å². The van der Waals surface area contributed by atoms with Gasteiger partial charge in [0, 0.05) is 30.1 Å². The smallest absolute Gasteiger partial charge is 0.295 e. The number of amides is 1. The van der Waals surface area contributed by atoms with Gasteiger partial charge in [0.2, 0.25) is 0 Å². The summed E-state index contributed by atoms with van der Waals surface area (Å²) in [5.74, 6) is -2.06. The number of likely N-dealkylation sites (tertiary alicyclic amines) is 1. The number of aliphatic hydroxyl groups excluding tert-OH is 1. The molecule has 1 atom stereocenters. The average molecular weight is 418 g/mol. The minimum atomic E-state index is -1.08. The van der Waals surface area contributed by atoms with Gasteiger partial charge in [0.1, 0.15) is 17.3 Å². The van der Waals surface area contributed by atoms with E-state index in [-0.39, 0.29) is 23.4 Å². The Bertz CT molecular complexity index is 1160. The van der Waals surface area contributed by atoms with E-state index in [1.165, 1.54) is 30.2 Å². The van der Waals surface area contributed by atoms with Crippen LogP contribution in [0.2, 0.25) is 0 Å². The molecule has 0 spiro atoms. The molecule has 31 heavy (non-hydrogen) atoms. The summed E-state index contributed by atoms with van der Waals surface area (Å²) in [7, 11) is 1.51. The summed E-state index contributed by atoms with van der Waals surface area (Å²) in [5.41, 5.74) is 0.960. The van der Waals surface area contributed by atoms with Gasteiger partial charge in [-0.15, -0.1) is 0 Å². The number of rotatable bonds is 5. The first-order valence-electron chi connectivity index (χ1n) is 9.57. The third-order valence-electron chi connectivity index (χ3n) is 5.18. The highest BCUT2D eigenvalue weighted by Gasteiger charge is 2.46. The molecular weight excluding hydrogens is 399 g/mol. The van der Waals surface area contributed by atoms with Crippen LogP contribution in [0.3, 0.4) is 0 Å². The number of Topliss-reactive ketones (excluding diaryl/α,β-unsaturated/α-hetero) is 1. The van der Waals surface area contributed by atoms with Crippen molar-refractivity contribution in [2.24, 2.45) is 0 Å². The number of benzene rings is 2. The molecule has 1 fully saturated rings. The maximum absolute atomic E-state index is 14.8. The molecule has 0 radical (unpaired) electrons. The molecule has 156 valence electrons. The Hall–Kier alpha value is -4.00. The predicted molar refractivity (Wildman–Crippen MR) is 111 cm³/mol. The summed E-state index contributed by atoms with van der Waals surface area (Å²) < 4.78 is 19.9. The van der Waals surface area contributed by atoms with E-state index < -0.39 is 23.5 Å². The fourth-order valence-corrected chi connectivity index (χ4v) is 3.66. The van der Waals surface area contributed by atoms with Crippen LogP contribution < -0.4 is 4.74 Å². The number of nitrogens with zero attached hydrogens (tertiary/aromatic N) is 2. The molecule has 4 rings (SSSR count). The zero-order chi connectivity index (χ0) is 22.0. The lowest BCUT2D eigenvalue weighted by Crippen LogP contribution is -2.29. The SMILES string of the molecule is COc1ccc(/C(O)=C2\C(=O)C(=O)N(Cc3cccnc3)[C@H]2c2ccccc2F)cc1. The molecule has 1 N–H and O–H groups in total. The van der Waals surface area contributed by atoms with E-state index in [9.17, 15) is 19.1 Å². The summed E-state index contributed by atoms with van der Waals surface area (Å²) in [6.45, 7) is 0.0385. The van der Waals surface area contributed by atoms with E-state index in [1.807, 2.05) is 0 Å². The first-order chi connectivity index (χ1) is 15.0.